The van der Waals surface area contributed by atoms with Crippen molar-refractivity contribution >= 4 is 45.8 Å². The van der Waals surface area contributed by atoms with Gasteiger partial charge in [-0.05, 0) is 44.0 Å². The number of carbonyl (C=O) groups is 2. The fourth-order valence-corrected chi connectivity index (χ4v) is 2.80. The van der Waals surface area contributed by atoms with Crippen LogP contribution < -0.4 is 16.0 Å². The Hall–Kier alpha value is -1.11. The monoisotopic (exact) mass is 403 g/mol. The van der Waals surface area contributed by atoms with Gasteiger partial charge in [-0.3, -0.25) is 9.59 Å². The Bertz CT molecular complexity index is 548. The highest BCUT2D eigenvalue weighted by Gasteiger charge is 2.19. The molecule has 1 heterocycles. The lowest BCUT2D eigenvalue weighted by Crippen LogP contribution is -2.47. The minimum atomic E-state index is -0.107. The normalized spacial score (nSPS) is 17.0. The van der Waals surface area contributed by atoms with Crippen LogP contribution in [0.4, 0.5) is 5.69 Å². The van der Waals surface area contributed by atoms with Gasteiger partial charge in [-0.15, -0.1) is 12.4 Å². The summed E-state index contributed by atoms with van der Waals surface area (Å²) in [6.45, 7) is 3.19. The van der Waals surface area contributed by atoms with Crippen LogP contribution in [-0.2, 0) is 9.59 Å². The fourth-order valence-electron chi connectivity index (χ4n) is 2.44. The molecule has 1 fully saturated rings. The van der Waals surface area contributed by atoms with Gasteiger partial charge in [0.2, 0.25) is 11.8 Å². The molecule has 23 heavy (non-hydrogen) atoms. The first kappa shape index (κ1) is 19.9. The van der Waals surface area contributed by atoms with Crippen LogP contribution in [-0.4, -0.2) is 30.9 Å². The van der Waals surface area contributed by atoms with Crippen LogP contribution >= 0.6 is 28.3 Å². The number of amides is 2. The van der Waals surface area contributed by atoms with Gasteiger partial charge in [0.25, 0.3) is 0 Å². The summed E-state index contributed by atoms with van der Waals surface area (Å²) in [5, 5.41) is 8.88. The average Bonchev–Trinajstić information content (AvgIpc) is 2.51. The van der Waals surface area contributed by atoms with Crippen LogP contribution in [0.2, 0.25) is 0 Å². The highest BCUT2D eigenvalue weighted by molar-refractivity contribution is 9.10. The van der Waals surface area contributed by atoms with Gasteiger partial charge in [-0.1, -0.05) is 28.4 Å². The van der Waals surface area contributed by atoms with Gasteiger partial charge in [0.05, 0.1) is 6.04 Å². The van der Waals surface area contributed by atoms with E-state index in [9.17, 15) is 9.59 Å². The Morgan fingerprint density at radius 3 is 2.83 bits per heavy atom. The van der Waals surface area contributed by atoms with E-state index in [2.05, 4.69) is 31.9 Å². The van der Waals surface area contributed by atoms with E-state index in [1.165, 1.54) is 0 Å². The van der Waals surface area contributed by atoms with Crippen molar-refractivity contribution in [3.63, 3.8) is 0 Å². The number of hydrogen-bond acceptors (Lipinski definition) is 3. The maximum atomic E-state index is 11.9. The van der Waals surface area contributed by atoms with E-state index in [0.29, 0.717) is 6.54 Å². The summed E-state index contributed by atoms with van der Waals surface area (Å²) < 4.78 is 0.921. The summed E-state index contributed by atoms with van der Waals surface area (Å²) in [4.78, 5) is 23.9. The molecule has 0 aromatic heterocycles. The van der Waals surface area contributed by atoms with Gasteiger partial charge in [0, 0.05) is 23.1 Å². The second-order valence-corrected chi connectivity index (χ2v) is 6.47. The topological polar surface area (TPSA) is 70.2 Å². The zero-order valence-electron chi connectivity index (χ0n) is 13.2. The summed E-state index contributed by atoms with van der Waals surface area (Å²) in [5.74, 6) is -0.107. The lowest BCUT2D eigenvalue weighted by Gasteiger charge is -2.22. The number of benzene rings is 1. The number of nitrogens with one attached hydrogen (secondary N) is 3. The molecule has 128 valence electrons. The van der Waals surface area contributed by atoms with Crippen LogP contribution in [0.15, 0.2) is 22.7 Å². The van der Waals surface area contributed by atoms with Crippen LogP contribution in [0.25, 0.3) is 0 Å². The molecule has 1 aromatic rings. The predicted molar refractivity (Wildman–Crippen MR) is 98.0 cm³/mol. The van der Waals surface area contributed by atoms with E-state index in [0.717, 1.165) is 41.5 Å². The Morgan fingerprint density at radius 1 is 1.35 bits per heavy atom. The van der Waals surface area contributed by atoms with Crippen molar-refractivity contribution in [3.8, 4) is 0 Å². The Morgan fingerprint density at radius 2 is 2.13 bits per heavy atom. The van der Waals surface area contributed by atoms with Crippen LogP contribution in [0.5, 0.6) is 0 Å². The standard InChI is InChI=1S/C16H22BrN3O2.ClH/c1-11-5-6-12(17)10-14(11)20-15(21)7-9-19-16(22)13-4-2-3-8-18-13;/h5-6,10,13,18H,2-4,7-9H2,1H3,(H,19,22)(H,20,21);1H. The Labute approximate surface area is 151 Å². The van der Waals surface area contributed by atoms with E-state index in [-0.39, 0.29) is 36.7 Å². The van der Waals surface area contributed by atoms with Crippen molar-refractivity contribution in [1.82, 2.24) is 10.6 Å². The zero-order valence-corrected chi connectivity index (χ0v) is 15.6. The SMILES string of the molecule is Cc1ccc(Br)cc1NC(=O)CCNC(=O)C1CCCCN1.Cl. The third-order valence-corrected chi connectivity index (χ3v) is 4.25. The quantitative estimate of drug-likeness (QED) is 0.707. The van der Waals surface area contributed by atoms with Crippen molar-refractivity contribution in [2.45, 2.75) is 38.6 Å². The molecule has 0 radical (unpaired) electrons. The van der Waals surface area contributed by atoms with E-state index in [4.69, 9.17) is 0 Å². The van der Waals surface area contributed by atoms with Crippen molar-refractivity contribution in [2.24, 2.45) is 0 Å². The Kier molecular flexibility index (Phi) is 8.58. The molecule has 0 saturated carbocycles. The molecule has 1 atom stereocenters. The molecule has 7 heteroatoms. The molecule has 0 bridgehead atoms. The molecule has 1 unspecified atom stereocenters. The van der Waals surface area contributed by atoms with Crippen molar-refractivity contribution in [2.75, 3.05) is 18.4 Å². The number of piperidine rings is 1. The molecular weight excluding hydrogens is 382 g/mol. The summed E-state index contributed by atoms with van der Waals surface area (Å²) in [5.41, 5.74) is 1.80. The number of anilines is 1. The number of carbonyl (C=O) groups excluding carboxylic acids is 2. The van der Waals surface area contributed by atoms with Crippen LogP contribution in [0, 0.1) is 6.92 Å². The smallest absolute Gasteiger partial charge is 0.237 e. The lowest BCUT2D eigenvalue weighted by molar-refractivity contribution is -0.123. The first-order valence-electron chi connectivity index (χ1n) is 7.63. The first-order chi connectivity index (χ1) is 10.6. The summed E-state index contributed by atoms with van der Waals surface area (Å²) >= 11 is 3.39. The van der Waals surface area contributed by atoms with Gasteiger partial charge in [0.15, 0.2) is 0 Å². The summed E-state index contributed by atoms with van der Waals surface area (Å²) in [6, 6.07) is 5.64. The molecule has 2 rings (SSSR count). The Balaban J connectivity index is 0.00000264. The van der Waals surface area contributed by atoms with Crippen molar-refractivity contribution in [1.29, 1.82) is 0 Å². The second-order valence-electron chi connectivity index (χ2n) is 5.55. The zero-order chi connectivity index (χ0) is 15.9. The number of aryl methyl sites for hydroxylation is 1. The molecule has 5 nitrogen and oxygen atoms in total. The highest BCUT2D eigenvalue weighted by Crippen LogP contribution is 2.20. The largest absolute Gasteiger partial charge is 0.354 e. The van der Waals surface area contributed by atoms with Gasteiger partial charge in [0.1, 0.15) is 0 Å². The molecule has 1 aromatic carbocycles. The minimum Gasteiger partial charge on any atom is -0.354 e. The predicted octanol–water partition coefficient (Wildman–Crippen LogP) is 2.77. The van der Waals surface area contributed by atoms with Crippen LogP contribution in [0.1, 0.15) is 31.2 Å². The van der Waals surface area contributed by atoms with Crippen molar-refractivity contribution < 1.29 is 9.59 Å². The molecule has 0 spiro atoms. The maximum Gasteiger partial charge on any atom is 0.237 e. The molecular formula is C16H23BrClN3O2. The number of hydrogen-bond donors (Lipinski definition) is 3. The van der Waals surface area contributed by atoms with Crippen LogP contribution in [0.3, 0.4) is 0 Å². The fraction of sp³-hybridized carbons (Fsp3) is 0.500. The highest BCUT2D eigenvalue weighted by atomic mass is 79.9. The first-order valence-corrected chi connectivity index (χ1v) is 8.42. The molecule has 3 N–H and O–H groups in total. The van der Waals surface area contributed by atoms with E-state index in [1.54, 1.807) is 0 Å². The molecule has 1 saturated heterocycles. The average molecular weight is 405 g/mol. The third kappa shape index (κ3) is 6.49. The molecule has 1 aliphatic heterocycles. The maximum absolute atomic E-state index is 11.9. The van der Waals surface area contributed by atoms with Gasteiger partial charge >= 0.3 is 0 Å². The molecule has 0 aliphatic carbocycles. The van der Waals surface area contributed by atoms with Gasteiger partial charge < -0.3 is 16.0 Å². The summed E-state index contributed by atoms with van der Waals surface area (Å²) in [6.07, 6.45) is 3.34. The molecule has 1 aliphatic rings. The van der Waals surface area contributed by atoms with Gasteiger partial charge in [-0.25, -0.2) is 0 Å². The third-order valence-electron chi connectivity index (χ3n) is 3.75. The van der Waals surface area contributed by atoms with E-state index in [1.807, 2.05) is 25.1 Å². The lowest BCUT2D eigenvalue weighted by atomic mass is 10.0. The van der Waals surface area contributed by atoms with Crippen molar-refractivity contribution in [3.05, 3.63) is 28.2 Å². The van der Waals surface area contributed by atoms with E-state index >= 15 is 0 Å². The molecule has 2 amide bonds. The van der Waals surface area contributed by atoms with Gasteiger partial charge in [-0.2, -0.15) is 0 Å². The van der Waals surface area contributed by atoms with E-state index < -0.39 is 0 Å². The second kappa shape index (κ2) is 9.90. The summed E-state index contributed by atoms with van der Waals surface area (Å²) in [7, 11) is 0. The minimum absolute atomic E-state index is 0. The number of halogens is 2. The number of rotatable bonds is 5.